The lowest BCUT2D eigenvalue weighted by Crippen LogP contribution is -2.33. The highest BCUT2D eigenvalue weighted by Gasteiger charge is 2.03. The van der Waals surface area contributed by atoms with Crippen LogP contribution in [0.4, 0.5) is 0 Å². The fourth-order valence-electron chi connectivity index (χ4n) is 1.47. The normalized spacial score (nSPS) is 14.8. The minimum Gasteiger partial charge on any atom is -0.276 e. The van der Waals surface area contributed by atoms with Crippen LogP contribution in [0.15, 0.2) is 29.3 Å². The minimum absolute atomic E-state index is 0.576. The average molecular weight is 219 g/mol. The Morgan fingerprint density at radius 1 is 1.06 bits per heavy atom. The Balaban J connectivity index is 1.97. The second-order valence-electron chi connectivity index (χ2n) is 4.06. The van der Waals surface area contributed by atoms with Crippen LogP contribution in [0.1, 0.15) is 30.9 Å². The van der Waals surface area contributed by atoms with Gasteiger partial charge in [-0.1, -0.05) is 38.1 Å². The minimum atomic E-state index is 0.576. The Hall–Kier alpha value is -1.59. The van der Waals surface area contributed by atoms with Gasteiger partial charge < -0.3 is 0 Å². The molecular weight excluding hydrogens is 202 g/mol. The number of aliphatic imine (C=N–C) groups is 1. The third-order valence-electron chi connectivity index (χ3n) is 2.49. The van der Waals surface area contributed by atoms with E-state index >= 15 is 0 Å². The van der Waals surface area contributed by atoms with E-state index < -0.39 is 0 Å². The lowest BCUT2D eigenvalue weighted by Gasteiger charge is -2.05. The highest BCUT2D eigenvalue weighted by molar-refractivity contribution is 5.79. The zero-order chi connectivity index (χ0) is 11.4. The summed E-state index contributed by atoms with van der Waals surface area (Å²) < 4.78 is 0. The molecule has 1 aliphatic heterocycles. The van der Waals surface area contributed by atoms with Gasteiger partial charge in [0.15, 0.2) is 0 Å². The monoisotopic (exact) mass is 219 g/mol. The highest BCUT2D eigenvalue weighted by Crippen LogP contribution is 2.14. The van der Waals surface area contributed by atoms with Gasteiger partial charge in [-0.25, -0.2) is 4.99 Å². The lowest BCUT2D eigenvalue weighted by molar-refractivity contribution is 0.556. The molecule has 0 saturated carbocycles. The second-order valence-corrected chi connectivity index (χ2v) is 4.06. The van der Waals surface area contributed by atoms with Gasteiger partial charge in [0.25, 0.3) is 0 Å². The molecule has 16 heavy (non-hydrogen) atoms. The third kappa shape index (κ3) is 2.71. The molecule has 0 amide bonds. The molecule has 0 bridgehead atoms. The van der Waals surface area contributed by atoms with Crippen LogP contribution in [0.25, 0.3) is 0 Å². The predicted octanol–water partition coefficient (Wildman–Crippen LogP) is 0.783. The summed E-state index contributed by atoms with van der Waals surface area (Å²) >= 11 is 0. The maximum atomic E-state index is 4.34. The number of nitrogens with one attached hydrogen (secondary N) is 4. The van der Waals surface area contributed by atoms with Crippen molar-refractivity contribution in [3.8, 4) is 0 Å². The molecule has 1 aromatic carbocycles. The first kappa shape index (κ1) is 10.9. The molecule has 1 aromatic rings. The van der Waals surface area contributed by atoms with Gasteiger partial charge in [-0.3, -0.25) is 10.9 Å². The summed E-state index contributed by atoms with van der Waals surface area (Å²) in [5.41, 5.74) is 13.6. The quantitative estimate of drug-likeness (QED) is 0.607. The van der Waals surface area contributed by atoms with Crippen LogP contribution in [0.5, 0.6) is 0 Å². The van der Waals surface area contributed by atoms with Gasteiger partial charge >= 0.3 is 0 Å². The number of guanidine groups is 1. The van der Waals surface area contributed by atoms with E-state index in [0.717, 1.165) is 0 Å². The summed E-state index contributed by atoms with van der Waals surface area (Å²) in [7, 11) is 0. The molecule has 1 saturated heterocycles. The predicted molar refractivity (Wildman–Crippen MR) is 64.2 cm³/mol. The number of nitrogens with zero attached hydrogens (tertiary/aromatic N) is 1. The topological polar surface area (TPSA) is 60.5 Å². The van der Waals surface area contributed by atoms with Crippen LogP contribution in [-0.4, -0.2) is 5.96 Å². The molecule has 0 unspecified atom stereocenters. The molecule has 1 aliphatic rings. The smallest absolute Gasteiger partial charge is 0.223 e. The molecule has 86 valence electrons. The van der Waals surface area contributed by atoms with E-state index in [1.54, 1.807) is 0 Å². The van der Waals surface area contributed by atoms with Crippen molar-refractivity contribution in [2.45, 2.75) is 26.3 Å². The Morgan fingerprint density at radius 2 is 1.69 bits per heavy atom. The Morgan fingerprint density at radius 3 is 2.25 bits per heavy atom. The molecule has 1 heterocycles. The summed E-state index contributed by atoms with van der Waals surface area (Å²) in [5.74, 6) is 1.28. The first-order chi connectivity index (χ1) is 7.75. The first-order valence-corrected chi connectivity index (χ1v) is 5.41. The number of hydrogen-bond donors (Lipinski definition) is 4. The molecule has 1 fully saturated rings. The molecular formula is C11H17N5. The molecule has 5 heteroatoms. The summed E-state index contributed by atoms with van der Waals surface area (Å²) in [4.78, 5) is 4.34. The average Bonchev–Trinajstić information content (AvgIpc) is 2.80. The molecule has 0 aliphatic carbocycles. The van der Waals surface area contributed by atoms with Crippen LogP contribution in [0, 0.1) is 0 Å². The zero-order valence-electron chi connectivity index (χ0n) is 9.54. The molecule has 5 nitrogen and oxygen atoms in total. The van der Waals surface area contributed by atoms with Crippen molar-refractivity contribution in [3.05, 3.63) is 35.4 Å². The molecule has 2 rings (SSSR count). The van der Waals surface area contributed by atoms with Gasteiger partial charge in [0, 0.05) is 0 Å². The van der Waals surface area contributed by atoms with Gasteiger partial charge in [-0.05, 0) is 17.0 Å². The number of rotatable bonds is 3. The third-order valence-corrected chi connectivity index (χ3v) is 2.49. The fourth-order valence-corrected chi connectivity index (χ4v) is 1.47. The van der Waals surface area contributed by atoms with E-state index in [-0.39, 0.29) is 0 Å². The van der Waals surface area contributed by atoms with Gasteiger partial charge in [-0.2, -0.15) is 11.1 Å². The number of hydrazine groups is 3. The van der Waals surface area contributed by atoms with Gasteiger partial charge in [-0.15, -0.1) is 0 Å². The van der Waals surface area contributed by atoms with Crippen LogP contribution in [0.2, 0.25) is 0 Å². The summed E-state index contributed by atoms with van der Waals surface area (Å²) in [6.45, 7) is 5.05. The maximum Gasteiger partial charge on any atom is 0.223 e. The van der Waals surface area contributed by atoms with Crippen molar-refractivity contribution in [2.75, 3.05) is 0 Å². The van der Waals surface area contributed by atoms with Gasteiger partial charge in [0.05, 0.1) is 6.54 Å². The van der Waals surface area contributed by atoms with Crippen molar-refractivity contribution < 1.29 is 0 Å². The van der Waals surface area contributed by atoms with Crippen molar-refractivity contribution in [2.24, 2.45) is 4.99 Å². The molecule has 0 spiro atoms. The lowest BCUT2D eigenvalue weighted by atomic mass is 10.0. The molecule has 0 radical (unpaired) electrons. The highest BCUT2D eigenvalue weighted by atomic mass is 15.8. The van der Waals surface area contributed by atoms with E-state index in [1.165, 1.54) is 11.1 Å². The van der Waals surface area contributed by atoms with Crippen molar-refractivity contribution in [3.63, 3.8) is 0 Å². The Kier molecular flexibility index (Phi) is 3.38. The van der Waals surface area contributed by atoms with Crippen molar-refractivity contribution in [1.82, 2.24) is 21.9 Å². The van der Waals surface area contributed by atoms with Gasteiger partial charge in [0.1, 0.15) is 0 Å². The van der Waals surface area contributed by atoms with Crippen molar-refractivity contribution in [1.29, 1.82) is 0 Å². The van der Waals surface area contributed by atoms with Gasteiger partial charge in [0.2, 0.25) is 5.96 Å². The standard InChI is InChI=1S/C11H17N5/c1-8(2)10-5-3-9(4-6-10)7-12-11-13-15-16-14-11/h3-6,8,15-16H,7H2,1-2H3,(H2,12,13,14). The molecule has 0 atom stereocenters. The summed E-state index contributed by atoms with van der Waals surface area (Å²) in [5, 5.41) is 0. The largest absolute Gasteiger partial charge is 0.276 e. The second kappa shape index (κ2) is 4.96. The zero-order valence-corrected chi connectivity index (χ0v) is 9.54. The Labute approximate surface area is 95.3 Å². The van der Waals surface area contributed by atoms with E-state index in [4.69, 9.17) is 0 Å². The molecule has 4 N–H and O–H groups in total. The van der Waals surface area contributed by atoms with Crippen LogP contribution in [0.3, 0.4) is 0 Å². The number of hydrogen-bond acceptors (Lipinski definition) is 3. The molecule has 0 aromatic heterocycles. The summed E-state index contributed by atoms with van der Waals surface area (Å²) in [6.07, 6.45) is 0. The van der Waals surface area contributed by atoms with E-state index in [0.29, 0.717) is 18.4 Å². The van der Waals surface area contributed by atoms with Crippen LogP contribution < -0.4 is 21.9 Å². The SMILES string of the molecule is CC(C)c1ccc(CN=C2NNNN2)cc1. The van der Waals surface area contributed by atoms with E-state index in [1.807, 2.05) is 0 Å². The Bertz CT molecular complexity index is 360. The first-order valence-electron chi connectivity index (χ1n) is 5.41. The van der Waals surface area contributed by atoms with E-state index in [9.17, 15) is 0 Å². The van der Waals surface area contributed by atoms with E-state index in [2.05, 4.69) is 65.0 Å². The fraction of sp³-hybridized carbons (Fsp3) is 0.364. The number of benzene rings is 1. The van der Waals surface area contributed by atoms with Crippen molar-refractivity contribution >= 4 is 5.96 Å². The maximum absolute atomic E-state index is 4.34. The summed E-state index contributed by atoms with van der Waals surface area (Å²) in [6, 6.07) is 8.56. The van der Waals surface area contributed by atoms with Crippen LogP contribution >= 0.6 is 0 Å². The van der Waals surface area contributed by atoms with Crippen LogP contribution in [-0.2, 0) is 6.54 Å².